The molecule has 2 atom stereocenters. The number of carbonyl (C=O) groups excluding carboxylic acids is 1. The van der Waals surface area contributed by atoms with Gasteiger partial charge in [-0.25, -0.2) is 4.98 Å². The molecule has 0 spiro atoms. The number of nitrogens with zero attached hydrogens (tertiary/aromatic N) is 3. The third-order valence-electron chi connectivity index (χ3n) is 5.19. The van der Waals surface area contributed by atoms with Crippen molar-refractivity contribution < 1.29 is 4.79 Å². The fourth-order valence-electron chi connectivity index (χ4n) is 4.00. The summed E-state index contributed by atoms with van der Waals surface area (Å²) in [6.45, 7) is 5.79. The number of thiazole rings is 1. The van der Waals surface area contributed by atoms with Crippen LogP contribution in [0.1, 0.15) is 54.4 Å². The molecule has 2 aliphatic heterocycles. The second kappa shape index (κ2) is 5.36. The molecule has 4 nitrogen and oxygen atoms in total. The van der Waals surface area contributed by atoms with E-state index in [1.54, 1.807) is 11.3 Å². The van der Waals surface area contributed by atoms with Gasteiger partial charge in [0.05, 0.1) is 10.6 Å². The number of fused-ring (bicyclic) bond motifs is 2. The molecule has 2 fully saturated rings. The summed E-state index contributed by atoms with van der Waals surface area (Å²) in [7, 11) is 0. The van der Waals surface area contributed by atoms with Gasteiger partial charge in [-0.15, -0.1) is 0 Å². The van der Waals surface area contributed by atoms with Crippen molar-refractivity contribution in [1.82, 2.24) is 9.88 Å². The summed E-state index contributed by atoms with van der Waals surface area (Å²) >= 11 is 1.64. The highest BCUT2D eigenvalue weighted by atomic mass is 32.1. The van der Waals surface area contributed by atoms with Gasteiger partial charge in [-0.05, 0) is 39.2 Å². The van der Waals surface area contributed by atoms with E-state index in [4.69, 9.17) is 4.98 Å². The molecule has 0 aromatic carbocycles. The lowest BCUT2D eigenvalue weighted by molar-refractivity contribution is 0.0976. The fourth-order valence-corrected chi connectivity index (χ4v) is 5.19. The molecule has 0 N–H and O–H groups in total. The van der Waals surface area contributed by atoms with Crippen LogP contribution >= 0.6 is 11.3 Å². The molecule has 0 amide bonds. The van der Waals surface area contributed by atoms with Gasteiger partial charge < -0.3 is 4.90 Å². The van der Waals surface area contributed by atoms with E-state index in [-0.39, 0.29) is 0 Å². The minimum absolute atomic E-state index is 0.309. The molecule has 3 aliphatic rings. The van der Waals surface area contributed by atoms with Crippen LogP contribution in [0.2, 0.25) is 0 Å². The quantitative estimate of drug-likeness (QED) is 0.799. The van der Waals surface area contributed by atoms with Gasteiger partial charge in [0.2, 0.25) is 0 Å². The number of rotatable bonds is 1. The van der Waals surface area contributed by atoms with Crippen molar-refractivity contribution in [3.63, 3.8) is 0 Å². The van der Waals surface area contributed by atoms with E-state index < -0.39 is 0 Å². The van der Waals surface area contributed by atoms with Gasteiger partial charge in [0, 0.05) is 31.6 Å². The first-order valence-corrected chi connectivity index (χ1v) is 9.07. The Hall–Kier alpha value is -0.940. The van der Waals surface area contributed by atoms with Gasteiger partial charge in [-0.3, -0.25) is 9.69 Å². The largest absolute Gasteiger partial charge is 0.343 e. The van der Waals surface area contributed by atoms with E-state index in [9.17, 15) is 4.79 Å². The molecule has 1 aliphatic carbocycles. The molecular weight excluding hydrogens is 282 g/mol. The Kier molecular flexibility index (Phi) is 3.50. The van der Waals surface area contributed by atoms with Crippen molar-refractivity contribution in [2.45, 2.75) is 57.5 Å². The second-order valence-electron chi connectivity index (χ2n) is 6.69. The highest BCUT2D eigenvalue weighted by molar-refractivity contribution is 7.17. The minimum Gasteiger partial charge on any atom is -0.343 e. The highest BCUT2D eigenvalue weighted by Crippen LogP contribution is 2.35. The van der Waals surface area contributed by atoms with E-state index in [0.29, 0.717) is 24.3 Å². The van der Waals surface area contributed by atoms with Gasteiger partial charge in [-0.2, -0.15) is 0 Å². The van der Waals surface area contributed by atoms with Crippen molar-refractivity contribution in [2.75, 3.05) is 24.5 Å². The summed E-state index contributed by atoms with van der Waals surface area (Å²) in [5, 5.41) is 1.09. The molecule has 3 heterocycles. The van der Waals surface area contributed by atoms with E-state index >= 15 is 0 Å². The molecular formula is C16H23N3OS. The maximum Gasteiger partial charge on any atom is 0.186 e. The van der Waals surface area contributed by atoms with Crippen molar-refractivity contribution >= 4 is 22.3 Å². The first-order chi connectivity index (χ1) is 10.2. The molecule has 2 unspecified atom stereocenters. The van der Waals surface area contributed by atoms with Crippen LogP contribution in [0.3, 0.4) is 0 Å². The summed E-state index contributed by atoms with van der Waals surface area (Å²) < 4.78 is 0. The Balaban J connectivity index is 1.59. The van der Waals surface area contributed by atoms with Gasteiger partial charge in [0.25, 0.3) is 0 Å². The number of piperidine rings is 1. The van der Waals surface area contributed by atoms with Gasteiger partial charge >= 0.3 is 0 Å². The number of aryl methyl sites for hydroxylation is 1. The SMILES string of the molecule is CC1CN2CCCCC2CN1c1nc2c(s1)C(=O)CCC2. The standard InChI is InChI=1S/C16H23N3OS/c1-11-9-18-8-3-2-5-12(18)10-19(11)16-17-13-6-4-7-14(20)15(13)21-16/h11-12H,2-10H2,1H3. The number of aromatic nitrogens is 1. The van der Waals surface area contributed by atoms with Crippen LogP contribution < -0.4 is 4.90 Å². The summed E-state index contributed by atoms with van der Waals surface area (Å²) in [6, 6.07) is 1.19. The predicted molar refractivity (Wildman–Crippen MR) is 85.4 cm³/mol. The molecule has 2 saturated heterocycles. The zero-order chi connectivity index (χ0) is 14.4. The first-order valence-electron chi connectivity index (χ1n) is 8.26. The number of anilines is 1. The Morgan fingerprint density at radius 1 is 1.19 bits per heavy atom. The average Bonchev–Trinajstić information content (AvgIpc) is 2.92. The van der Waals surface area contributed by atoms with Gasteiger partial charge in [0.1, 0.15) is 0 Å². The molecule has 0 bridgehead atoms. The normalized spacial score (nSPS) is 30.1. The fraction of sp³-hybridized carbons (Fsp3) is 0.750. The van der Waals surface area contributed by atoms with Crippen molar-refractivity contribution in [2.24, 2.45) is 0 Å². The number of hydrogen-bond donors (Lipinski definition) is 0. The Bertz CT molecular complexity index is 556. The zero-order valence-corrected chi connectivity index (χ0v) is 13.5. The van der Waals surface area contributed by atoms with E-state index in [0.717, 1.165) is 41.6 Å². The molecule has 4 rings (SSSR count). The Morgan fingerprint density at radius 3 is 2.95 bits per heavy atom. The number of ketones is 1. The number of Topliss-reactive ketones (excluding diaryl/α,β-unsaturated/α-hetero) is 1. The summed E-state index contributed by atoms with van der Waals surface area (Å²) in [5.41, 5.74) is 1.06. The van der Waals surface area contributed by atoms with Crippen molar-refractivity contribution in [3.05, 3.63) is 10.6 Å². The van der Waals surface area contributed by atoms with Gasteiger partial charge in [0.15, 0.2) is 10.9 Å². The topological polar surface area (TPSA) is 36.4 Å². The molecule has 21 heavy (non-hydrogen) atoms. The monoisotopic (exact) mass is 305 g/mol. The maximum absolute atomic E-state index is 12.0. The van der Waals surface area contributed by atoms with Crippen LogP contribution in [-0.4, -0.2) is 47.4 Å². The molecule has 5 heteroatoms. The van der Waals surface area contributed by atoms with Crippen LogP contribution in [0.5, 0.6) is 0 Å². The molecule has 1 aromatic rings. The third kappa shape index (κ3) is 2.40. The van der Waals surface area contributed by atoms with Crippen LogP contribution in [0.25, 0.3) is 0 Å². The zero-order valence-electron chi connectivity index (χ0n) is 12.7. The molecule has 0 radical (unpaired) electrons. The number of hydrogen-bond acceptors (Lipinski definition) is 5. The number of carbonyl (C=O) groups is 1. The summed E-state index contributed by atoms with van der Waals surface area (Å²) in [6.07, 6.45) is 6.68. The van der Waals surface area contributed by atoms with Crippen LogP contribution in [0.4, 0.5) is 5.13 Å². The summed E-state index contributed by atoms with van der Waals surface area (Å²) in [5.74, 6) is 0.309. The van der Waals surface area contributed by atoms with E-state index in [1.807, 2.05) is 0 Å². The van der Waals surface area contributed by atoms with Gasteiger partial charge in [-0.1, -0.05) is 17.8 Å². The molecule has 1 aromatic heterocycles. The van der Waals surface area contributed by atoms with Crippen molar-refractivity contribution in [1.29, 1.82) is 0 Å². The maximum atomic E-state index is 12.0. The summed E-state index contributed by atoms with van der Waals surface area (Å²) in [4.78, 5) is 22.9. The molecule has 114 valence electrons. The lowest BCUT2D eigenvalue weighted by Gasteiger charge is -2.47. The molecule has 0 saturated carbocycles. The van der Waals surface area contributed by atoms with E-state index in [2.05, 4.69) is 16.7 Å². The van der Waals surface area contributed by atoms with Crippen LogP contribution in [0, 0.1) is 0 Å². The van der Waals surface area contributed by atoms with Crippen molar-refractivity contribution in [3.8, 4) is 0 Å². The Labute approximate surface area is 130 Å². The average molecular weight is 305 g/mol. The van der Waals surface area contributed by atoms with E-state index in [1.165, 1.54) is 25.8 Å². The van der Waals surface area contributed by atoms with Crippen LogP contribution in [0.15, 0.2) is 0 Å². The third-order valence-corrected chi connectivity index (χ3v) is 6.37. The lowest BCUT2D eigenvalue weighted by atomic mass is 9.97. The smallest absolute Gasteiger partial charge is 0.186 e. The predicted octanol–water partition coefficient (Wildman–Crippen LogP) is 2.73. The lowest BCUT2D eigenvalue weighted by Crippen LogP contribution is -2.58. The Morgan fingerprint density at radius 2 is 2.10 bits per heavy atom. The van der Waals surface area contributed by atoms with Crippen LogP contribution in [-0.2, 0) is 6.42 Å². The first kappa shape index (κ1) is 13.7. The second-order valence-corrected chi connectivity index (χ2v) is 7.67. The number of piperazine rings is 1. The highest BCUT2D eigenvalue weighted by Gasteiger charge is 2.35. The minimum atomic E-state index is 0.309.